The fourth-order valence-electron chi connectivity index (χ4n) is 2.32. The second kappa shape index (κ2) is 8.80. The number of benzene rings is 1. The molecule has 1 aromatic rings. The van der Waals surface area contributed by atoms with Crippen molar-refractivity contribution in [2.24, 2.45) is 0 Å². The van der Waals surface area contributed by atoms with Gasteiger partial charge in [-0.15, -0.1) is 0 Å². The minimum absolute atomic E-state index is 0.154. The average Bonchev–Trinajstić information content (AvgIpc) is 2.50. The van der Waals surface area contributed by atoms with Gasteiger partial charge in [0.2, 0.25) is 0 Å². The molecule has 118 valence electrons. The van der Waals surface area contributed by atoms with Crippen LogP contribution in [0.1, 0.15) is 56.8 Å². The van der Waals surface area contributed by atoms with E-state index < -0.39 is 6.10 Å². The Morgan fingerprint density at radius 2 is 1.81 bits per heavy atom. The third-order valence-corrected chi connectivity index (χ3v) is 3.68. The van der Waals surface area contributed by atoms with Gasteiger partial charge in [0.1, 0.15) is 0 Å². The summed E-state index contributed by atoms with van der Waals surface area (Å²) in [6, 6.07) is 7.86. The molecule has 21 heavy (non-hydrogen) atoms. The molecule has 2 unspecified atom stereocenters. The minimum atomic E-state index is -0.629. The van der Waals surface area contributed by atoms with Gasteiger partial charge in [-0.2, -0.15) is 0 Å². The zero-order valence-electron chi connectivity index (χ0n) is 13.4. The van der Waals surface area contributed by atoms with Gasteiger partial charge < -0.3 is 15.2 Å². The zero-order valence-corrected chi connectivity index (χ0v) is 13.4. The summed E-state index contributed by atoms with van der Waals surface area (Å²) in [6.07, 6.45) is 0.221. The number of carbonyl (C=O) groups is 1. The molecule has 2 N–H and O–H groups in total. The molecule has 4 heteroatoms. The molecule has 0 amide bonds. The Labute approximate surface area is 127 Å². The van der Waals surface area contributed by atoms with Crippen molar-refractivity contribution in [1.29, 1.82) is 0 Å². The molecule has 1 aromatic carbocycles. The van der Waals surface area contributed by atoms with E-state index >= 15 is 0 Å². The number of nitrogens with one attached hydrogen (secondary N) is 1. The highest BCUT2D eigenvalue weighted by molar-refractivity contribution is 5.69. The number of aliphatic hydroxyl groups excluding tert-OH is 1. The summed E-state index contributed by atoms with van der Waals surface area (Å²) in [4.78, 5) is 11.3. The lowest BCUT2D eigenvalue weighted by Crippen LogP contribution is -2.35. The standard InChI is InChI=1S/C17H27NO3/c1-5-18-15(10-11-16(19)21-4)17(20)14-8-6-13(7-9-14)12(2)3/h6-9,12,15,17-18,20H,5,10-11H2,1-4H3. The first-order valence-electron chi connectivity index (χ1n) is 7.57. The summed E-state index contributed by atoms with van der Waals surface area (Å²) < 4.78 is 4.66. The summed E-state index contributed by atoms with van der Waals surface area (Å²) in [6.45, 7) is 7.01. The lowest BCUT2D eigenvalue weighted by molar-refractivity contribution is -0.141. The molecule has 0 aliphatic rings. The van der Waals surface area contributed by atoms with E-state index in [0.717, 1.165) is 12.1 Å². The van der Waals surface area contributed by atoms with Crippen LogP contribution in [-0.2, 0) is 9.53 Å². The van der Waals surface area contributed by atoms with Crippen LogP contribution >= 0.6 is 0 Å². The third kappa shape index (κ3) is 5.48. The van der Waals surface area contributed by atoms with Gasteiger partial charge >= 0.3 is 5.97 Å². The molecule has 1 rings (SSSR count). The van der Waals surface area contributed by atoms with Crippen LogP contribution in [0.25, 0.3) is 0 Å². The lowest BCUT2D eigenvalue weighted by Gasteiger charge is -2.24. The topological polar surface area (TPSA) is 58.6 Å². The largest absolute Gasteiger partial charge is 0.469 e. The molecule has 0 fully saturated rings. The maximum Gasteiger partial charge on any atom is 0.305 e. The van der Waals surface area contributed by atoms with Crippen molar-refractivity contribution < 1.29 is 14.6 Å². The van der Waals surface area contributed by atoms with Gasteiger partial charge in [0, 0.05) is 12.5 Å². The molecule has 2 atom stereocenters. The molecular weight excluding hydrogens is 266 g/mol. The Morgan fingerprint density at radius 1 is 1.24 bits per heavy atom. The van der Waals surface area contributed by atoms with E-state index in [1.807, 2.05) is 31.2 Å². The number of aliphatic hydroxyl groups is 1. The van der Waals surface area contributed by atoms with Crippen molar-refractivity contribution in [2.75, 3.05) is 13.7 Å². The summed E-state index contributed by atoms with van der Waals surface area (Å²) in [5.41, 5.74) is 2.12. The quantitative estimate of drug-likeness (QED) is 0.724. The van der Waals surface area contributed by atoms with E-state index in [2.05, 4.69) is 23.9 Å². The molecule has 4 nitrogen and oxygen atoms in total. The van der Waals surface area contributed by atoms with E-state index in [1.54, 1.807) is 0 Å². The third-order valence-electron chi connectivity index (χ3n) is 3.68. The second-order valence-corrected chi connectivity index (χ2v) is 5.55. The number of likely N-dealkylation sites (N-methyl/N-ethyl adjacent to an activating group) is 1. The molecule has 0 aliphatic carbocycles. The van der Waals surface area contributed by atoms with Crippen LogP contribution < -0.4 is 5.32 Å². The molecule has 0 saturated heterocycles. The number of methoxy groups -OCH3 is 1. The molecule has 0 aliphatic heterocycles. The first-order valence-corrected chi connectivity index (χ1v) is 7.57. The summed E-state index contributed by atoms with van der Waals surface area (Å²) in [7, 11) is 1.38. The first kappa shape index (κ1) is 17.7. The van der Waals surface area contributed by atoms with E-state index in [4.69, 9.17) is 0 Å². The first-order chi connectivity index (χ1) is 9.99. The van der Waals surface area contributed by atoms with Crippen molar-refractivity contribution in [3.05, 3.63) is 35.4 Å². The molecule has 0 saturated carbocycles. The Hall–Kier alpha value is -1.39. The highest BCUT2D eigenvalue weighted by atomic mass is 16.5. The van der Waals surface area contributed by atoms with Gasteiger partial charge in [0.25, 0.3) is 0 Å². The molecule has 0 bridgehead atoms. The van der Waals surface area contributed by atoms with Crippen LogP contribution in [0.5, 0.6) is 0 Å². The van der Waals surface area contributed by atoms with Crippen LogP contribution in [0.15, 0.2) is 24.3 Å². The van der Waals surface area contributed by atoms with E-state index in [9.17, 15) is 9.90 Å². The van der Waals surface area contributed by atoms with Gasteiger partial charge in [-0.1, -0.05) is 45.0 Å². The monoisotopic (exact) mass is 293 g/mol. The summed E-state index contributed by atoms with van der Waals surface area (Å²) >= 11 is 0. The predicted octanol–water partition coefficient (Wildman–Crippen LogP) is 2.77. The lowest BCUT2D eigenvalue weighted by atomic mass is 9.95. The summed E-state index contributed by atoms with van der Waals surface area (Å²) in [5.74, 6) is 0.223. The highest BCUT2D eigenvalue weighted by Crippen LogP contribution is 2.23. The average molecular weight is 293 g/mol. The molecule has 0 aromatic heterocycles. The van der Waals surface area contributed by atoms with Crippen molar-refractivity contribution in [1.82, 2.24) is 5.32 Å². The maximum absolute atomic E-state index is 11.3. The van der Waals surface area contributed by atoms with Gasteiger partial charge in [0.05, 0.1) is 13.2 Å². The molecule has 0 heterocycles. The second-order valence-electron chi connectivity index (χ2n) is 5.55. The van der Waals surface area contributed by atoms with Gasteiger partial charge in [-0.05, 0) is 30.0 Å². The predicted molar refractivity (Wildman–Crippen MR) is 84.2 cm³/mol. The van der Waals surface area contributed by atoms with Crippen LogP contribution in [0.3, 0.4) is 0 Å². The molecular formula is C17H27NO3. The highest BCUT2D eigenvalue weighted by Gasteiger charge is 2.21. The number of ether oxygens (including phenoxy) is 1. The van der Waals surface area contributed by atoms with Crippen LogP contribution in [-0.4, -0.2) is 30.8 Å². The number of esters is 1. The zero-order chi connectivity index (χ0) is 15.8. The Kier molecular flexibility index (Phi) is 7.40. The smallest absolute Gasteiger partial charge is 0.305 e. The van der Waals surface area contributed by atoms with E-state index in [0.29, 0.717) is 18.8 Å². The number of hydrogen-bond donors (Lipinski definition) is 2. The van der Waals surface area contributed by atoms with E-state index in [1.165, 1.54) is 12.7 Å². The Balaban J connectivity index is 2.74. The maximum atomic E-state index is 11.3. The van der Waals surface area contributed by atoms with Crippen LogP contribution in [0.4, 0.5) is 0 Å². The van der Waals surface area contributed by atoms with Crippen LogP contribution in [0.2, 0.25) is 0 Å². The fraction of sp³-hybridized carbons (Fsp3) is 0.588. The van der Waals surface area contributed by atoms with Crippen molar-refractivity contribution in [2.45, 2.75) is 51.7 Å². The normalized spacial score (nSPS) is 14.0. The van der Waals surface area contributed by atoms with Crippen LogP contribution in [0, 0.1) is 0 Å². The number of hydrogen-bond acceptors (Lipinski definition) is 4. The number of rotatable bonds is 8. The van der Waals surface area contributed by atoms with Crippen molar-refractivity contribution in [3.63, 3.8) is 0 Å². The van der Waals surface area contributed by atoms with Crippen molar-refractivity contribution >= 4 is 5.97 Å². The minimum Gasteiger partial charge on any atom is -0.469 e. The van der Waals surface area contributed by atoms with Gasteiger partial charge in [0.15, 0.2) is 0 Å². The molecule has 0 radical (unpaired) electrons. The van der Waals surface area contributed by atoms with Gasteiger partial charge in [-0.3, -0.25) is 4.79 Å². The molecule has 0 spiro atoms. The Bertz CT molecular complexity index is 428. The van der Waals surface area contributed by atoms with Crippen molar-refractivity contribution in [3.8, 4) is 0 Å². The van der Waals surface area contributed by atoms with Gasteiger partial charge in [-0.25, -0.2) is 0 Å². The SMILES string of the molecule is CCNC(CCC(=O)OC)C(O)c1ccc(C(C)C)cc1. The summed E-state index contributed by atoms with van der Waals surface area (Å²) in [5, 5.41) is 13.8. The fourth-order valence-corrected chi connectivity index (χ4v) is 2.32. The van der Waals surface area contributed by atoms with E-state index in [-0.39, 0.29) is 12.0 Å². The number of carbonyl (C=O) groups excluding carboxylic acids is 1. The Morgan fingerprint density at radius 3 is 2.29 bits per heavy atom.